The van der Waals surface area contributed by atoms with E-state index in [0.29, 0.717) is 5.92 Å². The highest BCUT2D eigenvalue weighted by molar-refractivity contribution is 5.05. The third-order valence-corrected chi connectivity index (χ3v) is 7.83. The molecule has 2 saturated carbocycles. The Morgan fingerprint density at radius 3 is 2.08 bits per heavy atom. The minimum absolute atomic E-state index is 0.00933. The zero-order valence-electron chi connectivity index (χ0n) is 18.1. The fraction of sp³-hybridized carbons (Fsp3) is 0.960. The Balaban J connectivity index is 1.83. The predicted octanol–water partition coefficient (Wildman–Crippen LogP) is 8.29. The molecule has 1 nitrogen and oxygen atoms in total. The minimum Gasteiger partial charge on any atom is -0.198 e. The number of nitriles is 1. The number of unbranched alkanes of at least 4 members (excludes halogenated alkanes) is 4. The quantitative estimate of drug-likeness (QED) is 0.340. The van der Waals surface area contributed by atoms with Crippen LogP contribution in [0.25, 0.3) is 0 Å². The van der Waals surface area contributed by atoms with Gasteiger partial charge in [-0.2, -0.15) is 5.26 Å². The molecule has 0 aromatic heterocycles. The van der Waals surface area contributed by atoms with Crippen LogP contribution in [0.3, 0.4) is 0 Å². The highest BCUT2D eigenvalue weighted by Crippen LogP contribution is 2.52. The molecular weight excluding hydrogens is 314 g/mol. The monoisotopic (exact) mass is 359 g/mol. The van der Waals surface area contributed by atoms with Crippen LogP contribution in [0, 0.1) is 40.4 Å². The van der Waals surface area contributed by atoms with Gasteiger partial charge in [0.1, 0.15) is 0 Å². The zero-order chi connectivity index (χ0) is 18.8. The zero-order valence-corrected chi connectivity index (χ0v) is 18.1. The summed E-state index contributed by atoms with van der Waals surface area (Å²) in [6.07, 6.45) is 21.8. The molecule has 2 aliphatic rings. The molecule has 0 N–H and O–H groups in total. The van der Waals surface area contributed by atoms with Gasteiger partial charge in [0, 0.05) is 0 Å². The average molecular weight is 360 g/mol. The molecule has 2 aliphatic carbocycles. The first-order valence-electron chi connectivity index (χ1n) is 12.1. The topological polar surface area (TPSA) is 23.8 Å². The van der Waals surface area contributed by atoms with E-state index in [1.807, 2.05) is 0 Å². The van der Waals surface area contributed by atoms with Crippen molar-refractivity contribution in [2.24, 2.45) is 29.1 Å². The van der Waals surface area contributed by atoms with Crippen LogP contribution in [-0.2, 0) is 0 Å². The highest BCUT2D eigenvalue weighted by atomic mass is 14.5. The lowest BCUT2D eigenvalue weighted by atomic mass is 9.57. The van der Waals surface area contributed by atoms with Gasteiger partial charge in [-0.3, -0.25) is 0 Å². The summed E-state index contributed by atoms with van der Waals surface area (Å²) in [5.74, 6) is 3.62. The molecule has 0 aromatic carbocycles. The van der Waals surface area contributed by atoms with Gasteiger partial charge in [0.2, 0.25) is 0 Å². The summed E-state index contributed by atoms with van der Waals surface area (Å²) in [5.41, 5.74) is -0.00933. The van der Waals surface area contributed by atoms with Gasteiger partial charge in [0.15, 0.2) is 0 Å². The Bertz CT molecular complexity index is 414. The Kier molecular flexibility index (Phi) is 9.52. The lowest BCUT2D eigenvalue weighted by Gasteiger charge is -2.47. The highest BCUT2D eigenvalue weighted by Gasteiger charge is 2.44. The van der Waals surface area contributed by atoms with E-state index >= 15 is 0 Å². The van der Waals surface area contributed by atoms with Crippen molar-refractivity contribution in [3.05, 3.63) is 0 Å². The van der Waals surface area contributed by atoms with Gasteiger partial charge < -0.3 is 0 Å². The van der Waals surface area contributed by atoms with Gasteiger partial charge in [-0.25, -0.2) is 0 Å². The van der Waals surface area contributed by atoms with Crippen LogP contribution in [0.2, 0.25) is 0 Å². The van der Waals surface area contributed by atoms with E-state index in [4.69, 9.17) is 0 Å². The Morgan fingerprint density at radius 1 is 0.769 bits per heavy atom. The standard InChI is InChI=1S/C25H45N/c1-4-7-8-9-10-11-21-12-13-23-19-24(15-14-22(23)18-21)25(20-26,16-5-2)17-6-3/h21-24H,4-19H2,1-3H3/t21-,22-,23-,24+/m0/s1. The van der Waals surface area contributed by atoms with Crippen LogP contribution < -0.4 is 0 Å². The summed E-state index contributed by atoms with van der Waals surface area (Å²) < 4.78 is 0. The molecule has 0 bridgehead atoms. The summed E-state index contributed by atoms with van der Waals surface area (Å²) in [5, 5.41) is 10.0. The van der Waals surface area contributed by atoms with Gasteiger partial charge in [0.25, 0.3) is 0 Å². The molecule has 2 fully saturated rings. The van der Waals surface area contributed by atoms with E-state index in [0.717, 1.165) is 43.4 Å². The van der Waals surface area contributed by atoms with Crippen LogP contribution in [-0.4, -0.2) is 0 Å². The Morgan fingerprint density at radius 2 is 1.42 bits per heavy atom. The van der Waals surface area contributed by atoms with E-state index < -0.39 is 0 Å². The van der Waals surface area contributed by atoms with Gasteiger partial charge in [-0.15, -0.1) is 0 Å². The normalized spacial score (nSPS) is 29.2. The van der Waals surface area contributed by atoms with Crippen molar-refractivity contribution in [3.8, 4) is 6.07 Å². The molecule has 2 rings (SSSR count). The van der Waals surface area contributed by atoms with E-state index in [1.165, 1.54) is 77.0 Å². The number of nitrogens with zero attached hydrogens (tertiary/aromatic N) is 1. The molecule has 150 valence electrons. The van der Waals surface area contributed by atoms with Crippen LogP contribution in [0.15, 0.2) is 0 Å². The molecule has 0 saturated heterocycles. The van der Waals surface area contributed by atoms with Crippen molar-refractivity contribution in [2.45, 2.75) is 124 Å². The van der Waals surface area contributed by atoms with Gasteiger partial charge >= 0.3 is 0 Å². The fourth-order valence-corrected chi connectivity index (χ4v) is 6.42. The number of hydrogen-bond donors (Lipinski definition) is 0. The van der Waals surface area contributed by atoms with Gasteiger partial charge in [0.05, 0.1) is 11.5 Å². The first-order valence-corrected chi connectivity index (χ1v) is 12.1. The molecule has 0 radical (unpaired) electrons. The van der Waals surface area contributed by atoms with E-state index in [9.17, 15) is 5.26 Å². The maximum absolute atomic E-state index is 10.0. The molecule has 26 heavy (non-hydrogen) atoms. The average Bonchev–Trinajstić information content (AvgIpc) is 2.67. The molecule has 4 atom stereocenters. The van der Waals surface area contributed by atoms with Crippen molar-refractivity contribution in [1.82, 2.24) is 0 Å². The Labute approximate surface area is 164 Å². The number of hydrogen-bond acceptors (Lipinski definition) is 1. The van der Waals surface area contributed by atoms with Crippen molar-refractivity contribution in [3.63, 3.8) is 0 Å². The second-order valence-corrected chi connectivity index (χ2v) is 9.68. The molecule has 1 heteroatoms. The fourth-order valence-electron chi connectivity index (χ4n) is 6.42. The first-order chi connectivity index (χ1) is 12.7. The smallest absolute Gasteiger partial charge is 0.0692 e. The summed E-state index contributed by atoms with van der Waals surface area (Å²) in [6, 6.07) is 2.84. The second kappa shape index (κ2) is 11.4. The Hall–Kier alpha value is -0.510. The maximum Gasteiger partial charge on any atom is 0.0692 e. The largest absolute Gasteiger partial charge is 0.198 e. The molecule has 0 spiro atoms. The third-order valence-electron chi connectivity index (χ3n) is 7.83. The van der Waals surface area contributed by atoms with Gasteiger partial charge in [-0.1, -0.05) is 78.6 Å². The van der Waals surface area contributed by atoms with E-state index in [1.54, 1.807) is 0 Å². The van der Waals surface area contributed by atoms with Crippen molar-refractivity contribution in [2.75, 3.05) is 0 Å². The molecule has 0 heterocycles. The summed E-state index contributed by atoms with van der Waals surface area (Å²) in [7, 11) is 0. The summed E-state index contributed by atoms with van der Waals surface area (Å²) in [4.78, 5) is 0. The molecule has 0 amide bonds. The van der Waals surface area contributed by atoms with Crippen LogP contribution in [0.1, 0.15) is 124 Å². The molecular formula is C25H45N. The first kappa shape index (κ1) is 21.8. The summed E-state index contributed by atoms with van der Waals surface area (Å²) in [6.45, 7) is 6.83. The van der Waals surface area contributed by atoms with Crippen LogP contribution >= 0.6 is 0 Å². The third kappa shape index (κ3) is 5.74. The SMILES string of the molecule is CCCCCCC[C@H]1CC[C@H]2C[C@H](C(C#N)(CCC)CCC)CC[C@H]2C1. The molecule has 0 aliphatic heterocycles. The van der Waals surface area contributed by atoms with E-state index in [-0.39, 0.29) is 5.41 Å². The summed E-state index contributed by atoms with van der Waals surface area (Å²) >= 11 is 0. The van der Waals surface area contributed by atoms with E-state index in [2.05, 4.69) is 26.8 Å². The predicted molar refractivity (Wildman–Crippen MR) is 113 cm³/mol. The lowest BCUT2D eigenvalue weighted by Crippen LogP contribution is -2.38. The van der Waals surface area contributed by atoms with Crippen LogP contribution in [0.4, 0.5) is 0 Å². The molecule has 0 unspecified atom stereocenters. The van der Waals surface area contributed by atoms with Crippen LogP contribution in [0.5, 0.6) is 0 Å². The second-order valence-electron chi connectivity index (χ2n) is 9.68. The minimum atomic E-state index is -0.00933. The molecule has 0 aromatic rings. The van der Waals surface area contributed by atoms with Gasteiger partial charge in [-0.05, 0) is 68.6 Å². The number of fused-ring (bicyclic) bond motifs is 1. The maximum atomic E-state index is 10.0. The lowest BCUT2D eigenvalue weighted by molar-refractivity contribution is 0.0444. The van der Waals surface area contributed by atoms with Crippen molar-refractivity contribution in [1.29, 1.82) is 5.26 Å². The number of rotatable bonds is 11. The van der Waals surface area contributed by atoms with Crippen molar-refractivity contribution < 1.29 is 0 Å². The van der Waals surface area contributed by atoms with Crippen molar-refractivity contribution >= 4 is 0 Å².